The highest BCUT2D eigenvalue weighted by molar-refractivity contribution is 5.18. The van der Waals surface area contributed by atoms with Gasteiger partial charge in [0, 0.05) is 13.2 Å². The molecule has 0 unspecified atom stereocenters. The minimum atomic E-state index is -0.125. The molecule has 0 aromatic heterocycles. The molecule has 4 heteroatoms. The average Bonchev–Trinajstić information content (AvgIpc) is 3.18. The lowest BCUT2D eigenvalue weighted by molar-refractivity contribution is 0.125. The molecule has 1 rings (SSSR count). The predicted octanol–water partition coefficient (Wildman–Crippen LogP) is 13.3. The number of aromatic hydroxyl groups is 1. The van der Waals surface area contributed by atoms with Crippen LogP contribution < -0.4 is 0 Å². The first-order valence-electron chi connectivity index (χ1n) is 15.8. The summed E-state index contributed by atoms with van der Waals surface area (Å²) in [6.45, 7) is 60.3. The molecule has 0 aliphatic rings. The summed E-state index contributed by atoms with van der Waals surface area (Å²) in [5.74, 6) is 0.322. The first kappa shape index (κ1) is 73.8. The van der Waals surface area contributed by atoms with Gasteiger partial charge >= 0.3 is 0 Å². The molecule has 1 aromatic carbocycles. The van der Waals surface area contributed by atoms with Crippen LogP contribution in [-0.2, 0) is 4.74 Å². The van der Waals surface area contributed by atoms with Gasteiger partial charge in [-0.15, -0.1) is 118 Å². The van der Waals surface area contributed by atoms with Crippen LogP contribution in [0.3, 0.4) is 0 Å². The lowest BCUT2D eigenvalue weighted by Crippen LogP contribution is -1.97. The van der Waals surface area contributed by atoms with Gasteiger partial charge in [-0.3, -0.25) is 0 Å². The number of aliphatic hydroxyl groups is 2. The Bertz CT molecular complexity index is 437. The molecule has 0 radical (unpaired) electrons. The molecule has 0 spiro atoms. The molecular formula is C42H82O4. The fourth-order valence-corrected chi connectivity index (χ4v) is 2.50. The second-order valence-electron chi connectivity index (χ2n) is 6.93. The Hall–Kier alpha value is -3.44. The largest absolute Gasteiger partial charge is 0.508 e. The third kappa shape index (κ3) is 166. The van der Waals surface area contributed by atoms with E-state index >= 15 is 0 Å². The van der Waals surface area contributed by atoms with E-state index in [1.807, 2.05) is 6.07 Å². The normalized spacial score (nSPS) is 6.78. The van der Waals surface area contributed by atoms with Gasteiger partial charge in [0.25, 0.3) is 0 Å². The fourth-order valence-electron chi connectivity index (χ4n) is 2.50. The molecule has 4 nitrogen and oxygen atoms in total. The molecule has 0 atom stereocenters. The van der Waals surface area contributed by atoms with E-state index < -0.39 is 0 Å². The van der Waals surface area contributed by atoms with E-state index in [0.29, 0.717) is 5.75 Å². The maximum atomic E-state index is 8.63. The number of unbranched alkanes of at least 4 members (excludes halogenated alkanes) is 10. The number of phenolic OH excluding ortho intramolecular Hbond substituents is 1. The van der Waals surface area contributed by atoms with Crippen LogP contribution in [0.5, 0.6) is 5.75 Å². The van der Waals surface area contributed by atoms with Crippen molar-refractivity contribution in [3.63, 3.8) is 0 Å². The van der Waals surface area contributed by atoms with E-state index in [0.717, 1.165) is 13.2 Å². The first-order chi connectivity index (χ1) is 22.7. The number of aliphatic hydroxyl groups excluding tert-OH is 2. The van der Waals surface area contributed by atoms with Crippen molar-refractivity contribution in [2.45, 2.75) is 90.9 Å². The third-order valence-electron chi connectivity index (χ3n) is 4.14. The molecule has 0 fully saturated rings. The molecule has 0 bridgehead atoms. The van der Waals surface area contributed by atoms with Crippen LogP contribution in [-0.4, -0.2) is 41.7 Å². The van der Waals surface area contributed by atoms with Crippen molar-refractivity contribution in [1.82, 2.24) is 0 Å². The summed E-state index contributed by atoms with van der Waals surface area (Å²) < 4.78 is 5.65. The highest BCUT2D eigenvalue weighted by Gasteiger charge is 1.92. The van der Waals surface area contributed by atoms with Crippen molar-refractivity contribution in [2.24, 2.45) is 0 Å². The molecule has 0 aliphatic heterocycles. The topological polar surface area (TPSA) is 69.9 Å². The number of benzene rings is 1. The Labute approximate surface area is 291 Å². The Balaban J connectivity index is -0.0000000392. The van der Waals surface area contributed by atoms with Crippen molar-refractivity contribution >= 4 is 0 Å². The average molecular weight is 651 g/mol. The molecule has 0 saturated heterocycles. The summed E-state index contributed by atoms with van der Waals surface area (Å²) in [4.78, 5) is 0. The maximum absolute atomic E-state index is 8.63. The van der Waals surface area contributed by atoms with Crippen molar-refractivity contribution in [3.05, 3.63) is 149 Å². The number of hydrogen-bond donors (Lipinski definition) is 3. The zero-order valence-corrected chi connectivity index (χ0v) is 31.2. The highest BCUT2D eigenvalue weighted by Crippen LogP contribution is 2.07. The third-order valence-corrected chi connectivity index (χ3v) is 4.14. The molecule has 0 heterocycles. The number of rotatable bonds is 15. The van der Waals surface area contributed by atoms with Gasteiger partial charge in [-0.2, -0.15) is 0 Å². The van der Waals surface area contributed by atoms with Gasteiger partial charge in [0.15, 0.2) is 0 Å². The van der Waals surface area contributed by atoms with Crippen LogP contribution in [0.4, 0.5) is 0 Å². The van der Waals surface area contributed by atoms with E-state index in [2.05, 4.69) is 132 Å². The molecule has 0 saturated carbocycles. The molecule has 0 amide bonds. The van der Waals surface area contributed by atoms with Crippen LogP contribution >= 0.6 is 0 Å². The Kier molecular flexibility index (Phi) is 236. The Morgan fingerprint density at radius 2 is 0.652 bits per heavy atom. The van der Waals surface area contributed by atoms with Crippen molar-refractivity contribution < 1.29 is 20.1 Å². The molecule has 1 aromatic rings. The van der Waals surface area contributed by atoms with E-state index in [4.69, 9.17) is 20.1 Å². The zero-order valence-electron chi connectivity index (χ0n) is 31.2. The minimum absolute atomic E-state index is 0.125. The summed E-state index contributed by atoms with van der Waals surface area (Å²) >= 11 is 0. The smallest absolute Gasteiger partial charge is 0.115 e. The summed E-state index contributed by atoms with van der Waals surface area (Å²) in [7, 11) is 0. The van der Waals surface area contributed by atoms with Crippen LogP contribution in [0.1, 0.15) is 90.9 Å². The van der Waals surface area contributed by atoms with Gasteiger partial charge < -0.3 is 20.1 Å². The summed E-state index contributed by atoms with van der Waals surface area (Å²) in [6.07, 6.45) is 16.3. The van der Waals surface area contributed by atoms with Gasteiger partial charge in [0.2, 0.25) is 0 Å². The first-order valence-corrected chi connectivity index (χ1v) is 15.8. The molecule has 3 N–H and O–H groups in total. The standard InChI is InChI=1S/C16H34O.C6H6O.C2H6O2.9C2H4/c1-3-5-7-9-11-13-15-17-16-14-12-10-8-6-4-2;7-6-4-2-1-3-5-6;3-1-2-4;9*1-2/h3-16H2,1-2H3;1-5,7H;3-4H,1-2H2;9*1-2H2. The van der Waals surface area contributed by atoms with Gasteiger partial charge in [-0.25, -0.2) is 0 Å². The van der Waals surface area contributed by atoms with E-state index in [1.165, 1.54) is 77.0 Å². The molecule has 46 heavy (non-hydrogen) atoms. The van der Waals surface area contributed by atoms with Crippen molar-refractivity contribution in [2.75, 3.05) is 26.4 Å². The van der Waals surface area contributed by atoms with Crippen LogP contribution in [0, 0.1) is 0 Å². The van der Waals surface area contributed by atoms with E-state index in [9.17, 15) is 0 Å². The van der Waals surface area contributed by atoms with Gasteiger partial charge in [-0.05, 0) is 25.0 Å². The number of ether oxygens (including phenoxy) is 1. The molecular weight excluding hydrogens is 568 g/mol. The number of hydrogen-bond acceptors (Lipinski definition) is 4. The second kappa shape index (κ2) is 147. The Morgan fingerprint density at radius 3 is 0.848 bits per heavy atom. The van der Waals surface area contributed by atoms with E-state index in [1.54, 1.807) is 24.3 Å². The van der Waals surface area contributed by atoms with Gasteiger partial charge in [0.1, 0.15) is 5.75 Å². The molecule has 274 valence electrons. The second-order valence-corrected chi connectivity index (χ2v) is 6.93. The van der Waals surface area contributed by atoms with Crippen LogP contribution in [0.2, 0.25) is 0 Å². The summed E-state index contributed by atoms with van der Waals surface area (Å²) in [6, 6.07) is 8.71. The van der Waals surface area contributed by atoms with Crippen molar-refractivity contribution in [3.8, 4) is 5.75 Å². The fraction of sp³-hybridized carbons (Fsp3) is 0.429. The monoisotopic (exact) mass is 651 g/mol. The highest BCUT2D eigenvalue weighted by atomic mass is 16.5. The minimum Gasteiger partial charge on any atom is -0.508 e. The summed E-state index contributed by atoms with van der Waals surface area (Å²) in [5.41, 5.74) is 0. The SMILES string of the molecule is C=C.C=C.C=C.C=C.C=C.C=C.C=C.C=C.C=C.CCCCCCCCOCCCCCCCC.OCCO.Oc1ccccc1. The maximum Gasteiger partial charge on any atom is 0.115 e. The lowest BCUT2D eigenvalue weighted by Gasteiger charge is -2.04. The quantitative estimate of drug-likeness (QED) is 0.130. The zero-order chi connectivity index (χ0) is 39.1. The van der Waals surface area contributed by atoms with Crippen LogP contribution in [0.25, 0.3) is 0 Å². The van der Waals surface area contributed by atoms with Crippen molar-refractivity contribution in [1.29, 1.82) is 0 Å². The summed E-state index contributed by atoms with van der Waals surface area (Å²) in [5, 5.41) is 23.9. The Morgan fingerprint density at radius 1 is 0.413 bits per heavy atom. The number of para-hydroxylation sites is 1. The number of phenols is 1. The lowest BCUT2D eigenvalue weighted by atomic mass is 10.1. The predicted molar refractivity (Wildman–Crippen MR) is 221 cm³/mol. The van der Waals surface area contributed by atoms with Crippen LogP contribution in [0.15, 0.2) is 149 Å². The van der Waals surface area contributed by atoms with Gasteiger partial charge in [-0.1, -0.05) is 96.3 Å². The van der Waals surface area contributed by atoms with E-state index in [-0.39, 0.29) is 13.2 Å². The van der Waals surface area contributed by atoms with Gasteiger partial charge in [0.05, 0.1) is 13.2 Å². The molecule has 0 aliphatic carbocycles.